The van der Waals surface area contributed by atoms with Gasteiger partial charge in [-0.05, 0) is 42.7 Å². The molecule has 0 spiro atoms. The lowest BCUT2D eigenvalue weighted by molar-refractivity contribution is -0.137. The maximum atomic E-state index is 12.9. The van der Waals surface area contributed by atoms with E-state index in [-0.39, 0.29) is 17.2 Å². The second-order valence-corrected chi connectivity index (χ2v) is 6.55. The minimum Gasteiger partial charge on any atom is -0.393 e. The molecule has 1 aliphatic heterocycles. The molecule has 3 aromatic rings. The number of aromatic nitrogens is 2. The minimum atomic E-state index is -4.42. The fourth-order valence-corrected chi connectivity index (χ4v) is 3.36. The number of anilines is 5. The maximum Gasteiger partial charge on any atom is 0.416 e. The normalized spacial score (nSPS) is 13.9. The van der Waals surface area contributed by atoms with E-state index in [0.717, 1.165) is 37.2 Å². The van der Waals surface area contributed by atoms with Crippen LogP contribution < -0.4 is 16.0 Å². The highest BCUT2D eigenvalue weighted by atomic mass is 19.4. The Labute approximate surface area is 160 Å². The van der Waals surface area contributed by atoms with E-state index in [4.69, 9.17) is 5.73 Å². The van der Waals surface area contributed by atoms with E-state index >= 15 is 0 Å². The van der Waals surface area contributed by atoms with Gasteiger partial charge in [0.05, 0.1) is 5.56 Å². The Kier molecular flexibility index (Phi) is 4.54. The smallest absolute Gasteiger partial charge is 0.393 e. The Morgan fingerprint density at radius 3 is 2.68 bits per heavy atom. The zero-order valence-corrected chi connectivity index (χ0v) is 14.9. The van der Waals surface area contributed by atoms with E-state index in [1.807, 2.05) is 23.1 Å². The Hall–Kier alpha value is -3.29. The standard InChI is InChI=1S/C20H18F3N5/c21-20(22,23)14-7-3-8-15(11-14)27-18-17(24)19(26-12-25-18)28-10-4-6-13-5-1-2-9-16(13)28/h1-3,5,7-9,11-12H,4,6,10,24H2,(H,25,26,27). The lowest BCUT2D eigenvalue weighted by atomic mass is 10.0. The molecule has 0 unspecified atom stereocenters. The molecule has 8 heteroatoms. The SMILES string of the molecule is Nc1c(Nc2cccc(C(F)(F)F)c2)ncnc1N1CCCc2ccccc21. The molecular formula is C20H18F3N5. The summed E-state index contributed by atoms with van der Waals surface area (Å²) in [6.07, 6.45) is -1.12. The number of hydrogen-bond acceptors (Lipinski definition) is 5. The van der Waals surface area contributed by atoms with Crippen molar-refractivity contribution in [3.05, 3.63) is 66.0 Å². The number of aryl methyl sites for hydroxylation is 1. The second-order valence-electron chi connectivity index (χ2n) is 6.55. The minimum absolute atomic E-state index is 0.255. The van der Waals surface area contributed by atoms with Crippen LogP contribution in [0, 0.1) is 0 Å². The number of alkyl halides is 3. The number of benzene rings is 2. The predicted molar refractivity (Wildman–Crippen MR) is 103 cm³/mol. The Balaban J connectivity index is 1.67. The van der Waals surface area contributed by atoms with Gasteiger partial charge in [0.15, 0.2) is 11.6 Å². The molecule has 28 heavy (non-hydrogen) atoms. The summed E-state index contributed by atoms with van der Waals surface area (Å²) in [4.78, 5) is 10.5. The summed E-state index contributed by atoms with van der Waals surface area (Å²) in [7, 11) is 0. The van der Waals surface area contributed by atoms with Crippen LogP contribution in [0.25, 0.3) is 0 Å². The van der Waals surface area contributed by atoms with Gasteiger partial charge in [-0.25, -0.2) is 9.97 Å². The lowest BCUT2D eigenvalue weighted by Crippen LogP contribution is -2.26. The molecule has 2 aromatic carbocycles. The number of halogens is 3. The highest BCUT2D eigenvalue weighted by molar-refractivity contribution is 5.82. The van der Waals surface area contributed by atoms with E-state index in [9.17, 15) is 13.2 Å². The van der Waals surface area contributed by atoms with Crippen molar-refractivity contribution in [1.29, 1.82) is 0 Å². The number of rotatable bonds is 3. The monoisotopic (exact) mass is 385 g/mol. The molecule has 1 aromatic heterocycles. The molecule has 0 saturated carbocycles. The van der Waals surface area contributed by atoms with Crippen LogP contribution in [0.4, 0.5) is 41.9 Å². The molecule has 0 saturated heterocycles. The van der Waals surface area contributed by atoms with Crippen molar-refractivity contribution in [2.75, 3.05) is 22.5 Å². The van der Waals surface area contributed by atoms with Gasteiger partial charge in [-0.2, -0.15) is 13.2 Å². The van der Waals surface area contributed by atoms with Crippen LogP contribution in [-0.4, -0.2) is 16.5 Å². The highest BCUT2D eigenvalue weighted by Crippen LogP contribution is 2.38. The van der Waals surface area contributed by atoms with E-state index in [1.54, 1.807) is 0 Å². The number of hydrogen-bond donors (Lipinski definition) is 2. The number of nitrogens with one attached hydrogen (secondary N) is 1. The fourth-order valence-electron chi connectivity index (χ4n) is 3.36. The summed E-state index contributed by atoms with van der Waals surface area (Å²) in [5.41, 5.74) is 8.33. The zero-order chi connectivity index (χ0) is 19.7. The predicted octanol–water partition coefficient (Wildman–Crippen LogP) is 4.91. The van der Waals surface area contributed by atoms with Crippen molar-refractivity contribution < 1.29 is 13.2 Å². The average molecular weight is 385 g/mol. The van der Waals surface area contributed by atoms with Crippen LogP contribution in [0.2, 0.25) is 0 Å². The van der Waals surface area contributed by atoms with E-state index < -0.39 is 11.7 Å². The molecule has 0 amide bonds. The van der Waals surface area contributed by atoms with Gasteiger partial charge in [0.1, 0.15) is 12.0 Å². The zero-order valence-electron chi connectivity index (χ0n) is 14.9. The summed E-state index contributed by atoms with van der Waals surface area (Å²) >= 11 is 0. The van der Waals surface area contributed by atoms with Gasteiger partial charge in [-0.3, -0.25) is 0 Å². The largest absolute Gasteiger partial charge is 0.416 e. The first-order chi connectivity index (χ1) is 13.4. The molecule has 2 heterocycles. The number of nitrogens with zero attached hydrogens (tertiary/aromatic N) is 3. The molecule has 144 valence electrons. The third kappa shape index (κ3) is 3.45. The van der Waals surface area contributed by atoms with Crippen LogP contribution in [-0.2, 0) is 12.6 Å². The van der Waals surface area contributed by atoms with Crippen LogP contribution >= 0.6 is 0 Å². The summed E-state index contributed by atoms with van der Waals surface area (Å²) in [6.45, 7) is 0.751. The van der Waals surface area contributed by atoms with Crippen molar-refractivity contribution >= 4 is 28.7 Å². The molecule has 0 bridgehead atoms. The maximum absolute atomic E-state index is 12.9. The second kappa shape index (κ2) is 7.03. The van der Waals surface area contributed by atoms with Crippen LogP contribution in [0.3, 0.4) is 0 Å². The van der Waals surface area contributed by atoms with Crippen LogP contribution in [0.1, 0.15) is 17.5 Å². The van der Waals surface area contributed by atoms with Gasteiger partial charge >= 0.3 is 6.18 Å². The summed E-state index contributed by atoms with van der Waals surface area (Å²) in [6, 6.07) is 12.9. The van der Waals surface area contributed by atoms with Gasteiger partial charge < -0.3 is 16.0 Å². The third-order valence-electron chi connectivity index (χ3n) is 4.68. The topological polar surface area (TPSA) is 67.1 Å². The summed E-state index contributed by atoms with van der Waals surface area (Å²) < 4.78 is 38.8. The molecule has 0 fully saturated rings. The lowest BCUT2D eigenvalue weighted by Gasteiger charge is -2.31. The molecule has 0 aliphatic carbocycles. The van der Waals surface area contributed by atoms with Crippen molar-refractivity contribution in [2.45, 2.75) is 19.0 Å². The van der Waals surface area contributed by atoms with Gasteiger partial charge in [-0.1, -0.05) is 24.3 Å². The van der Waals surface area contributed by atoms with Gasteiger partial charge in [0.25, 0.3) is 0 Å². The van der Waals surface area contributed by atoms with Gasteiger partial charge in [0, 0.05) is 17.9 Å². The fraction of sp³-hybridized carbons (Fsp3) is 0.200. The van der Waals surface area contributed by atoms with Gasteiger partial charge in [-0.15, -0.1) is 0 Å². The van der Waals surface area contributed by atoms with Crippen LogP contribution in [0.15, 0.2) is 54.9 Å². The number of nitrogen functional groups attached to an aromatic ring is 1. The van der Waals surface area contributed by atoms with Crippen molar-refractivity contribution in [3.8, 4) is 0 Å². The Morgan fingerprint density at radius 2 is 1.86 bits per heavy atom. The first-order valence-corrected chi connectivity index (χ1v) is 8.83. The summed E-state index contributed by atoms with van der Waals surface area (Å²) in [5.74, 6) is 0.809. The van der Waals surface area contributed by atoms with Crippen molar-refractivity contribution in [3.63, 3.8) is 0 Å². The molecule has 1 aliphatic rings. The van der Waals surface area contributed by atoms with Crippen molar-refractivity contribution in [2.24, 2.45) is 0 Å². The van der Waals surface area contributed by atoms with Gasteiger partial charge in [0.2, 0.25) is 0 Å². The average Bonchev–Trinajstić information content (AvgIpc) is 2.69. The van der Waals surface area contributed by atoms with E-state index in [2.05, 4.69) is 21.4 Å². The molecular weight excluding hydrogens is 367 g/mol. The first kappa shape index (κ1) is 18.1. The summed E-state index contributed by atoms with van der Waals surface area (Å²) in [5, 5.41) is 2.89. The molecule has 3 N–H and O–H groups in total. The number of para-hydroxylation sites is 1. The number of fused-ring (bicyclic) bond motifs is 1. The highest BCUT2D eigenvalue weighted by Gasteiger charge is 2.30. The van der Waals surface area contributed by atoms with Crippen molar-refractivity contribution in [1.82, 2.24) is 9.97 Å². The third-order valence-corrected chi connectivity index (χ3v) is 4.68. The van der Waals surface area contributed by atoms with E-state index in [1.165, 1.54) is 24.0 Å². The first-order valence-electron chi connectivity index (χ1n) is 8.83. The quantitative estimate of drug-likeness (QED) is 0.671. The Morgan fingerprint density at radius 1 is 1.04 bits per heavy atom. The van der Waals surface area contributed by atoms with E-state index in [0.29, 0.717) is 5.82 Å². The van der Waals surface area contributed by atoms with Crippen LogP contribution in [0.5, 0.6) is 0 Å². The molecule has 0 radical (unpaired) electrons. The number of nitrogens with two attached hydrogens (primary N) is 1. The molecule has 0 atom stereocenters. The Bertz CT molecular complexity index is 1000. The molecule has 4 rings (SSSR count). The molecule has 5 nitrogen and oxygen atoms in total.